The summed E-state index contributed by atoms with van der Waals surface area (Å²) in [6, 6.07) is 16.3. The molecule has 0 bridgehead atoms. The fraction of sp³-hybridized carbons (Fsp3) is 0.368. The first-order valence-corrected chi connectivity index (χ1v) is 9.61. The van der Waals surface area contributed by atoms with E-state index in [1.54, 1.807) is 12.1 Å². The van der Waals surface area contributed by atoms with Gasteiger partial charge in [0.2, 0.25) is 0 Å². The summed E-state index contributed by atoms with van der Waals surface area (Å²) in [5.41, 5.74) is 2.03. The molecule has 25 heavy (non-hydrogen) atoms. The third-order valence-corrected chi connectivity index (χ3v) is 4.83. The normalized spacial score (nSPS) is 12.9. The molecule has 2 aromatic rings. The quantitative estimate of drug-likeness (QED) is 0.605. The van der Waals surface area contributed by atoms with Gasteiger partial charge in [-0.05, 0) is 31.5 Å². The van der Waals surface area contributed by atoms with Crippen molar-refractivity contribution in [3.63, 3.8) is 0 Å². The average molecular weight is 364 g/mol. The van der Waals surface area contributed by atoms with Crippen molar-refractivity contribution in [3.05, 3.63) is 65.7 Å². The van der Waals surface area contributed by atoms with Crippen LogP contribution in [0.5, 0.6) is 0 Å². The predicted octanol–water partition coefficient (Wildman–Crippen LogP) is 3.32. The van der Waals surface area contributed by atoms with E-state index < -0.39 is 16.2 Å². The molecule has 0 amide bonds. The lowest BCUT2D eigenvalue weighted by Gasteiger charge is -2.17. The van der Waals surface area contributed by atoms with Gasteiger partial charge in [-0.1, -0.05) is 48.0 Å². The van der Waals surface area contributed by atoms with Gasteiger partial charge in [0.1, 0.15) is 6.10 Å². The topological polar surface area (TPSA) is 61.8 Å². The maximum atomic E-state index is 12.2. The van der Waals surface area contributed by atoms with Gasteiger partial charge < -0.3 is 9.47 Å². The number of ether oxygens (including phenoxy) is 2. The molecule has 0 aliphatic rings. The molecule has 0 saturated heterocycles. The summed E-state index contributed by atoms with van der Waals surface area (Å²) < 4.78 is 40.7. The second-order valence-corrected chi connectivity index (χ2v) is 7.25. The van der Waals surface area contributed by atoms with Gasteiger partial charge in [0.05, 0.1) is 24.7 Å². The Morgan fingerprint density at radius 1 is 0.960 bits per heavy atom. The highest BCUT2D eigenvalue weighted by Crippen LogP contribution is 2.14. The third-order valence-electron chi connectivity index (χ3n) is 3.54. The number of hydrogen-bond donors (Lipinski definition) is 0. The van der Waals surface area contributed by atoms with Crippen LogP contribution >= 0.6 is 0 Å². The predicted molar refractivity (Wildman–Crippen MR) is 95.8 cm³/mol. The highest BCUT2D eigenvalue weighted by molar-refractivity contribution is 7.86. The Hall–Kier alpha value is -1.73. The molecule has 0 aromatic heterocycles. The number of rotatable bonds is 10. The van der Waals surface area contributed by atoms with Crippen molar-refractivity contribution >= 4 is 10.1 Å². The minimum Gasteiger partial charge on any atom is -0.374 e. The molecule has 0 fully saturated rings. The van der Waals surface area contributed by atoms with Crippen LogP contribution in [-0.4, -0.2) is 34.3 Å². The zero-order valence-corrected chi connectivity index (χ0v) is 15.4. The van der Waals surface area contributed by atoms with E-state index in [9.17, 15) is 8.42 Å². The zero-order valence-electron chi connectivity index (χ0n) is 14.6. The van der Waals surface area contributed by atoms with E-state index in [2.05, 4.69) is 0 Å². The summed E-state index contributed by atoms with van der Waals surface area (Å²) in [6.07, 6.45) is -0.450. The summed E-state index contributed by atoms with van der Waals surface area (Å²) in [4.78, 5) is 0.138. The van der Waals surface area contributed by atoms with E-state index in [0.717, 1.165) is 11.1 Å². The summed E-state index contributed by atoms with van der Waals surface area (Å²) >= 11 is 0. The second-order valence-electron chi connectivity index (χ2n) is 5.63. The first-order valence-electron chi connectivity index (χ1n) is 8.20. The molecule has 6 heteroatoms. The first-order chi connectivity index (χ1) is 12.0. The molecule has 2 rings (SSSR count). The summed E-state index contributed by atoms with van der Waals surface area (Å²) in [6.45, 7) is 4.80. The van der Waals surface area contributed by atoms with Gasteiger partial charge in [0, 0.05) is 6.61 Å². The molecule has 0 N–H and O–H groups in total. The Kier molecular flexibility index (Phi) is 7.58. The van der Waals surface area contributed by atoms with Crippen molar-refractivity contribution in [1.82, 2.24) is 0 Å². The van der Waals surface area contributed by atoms with Gasteiger partial charge in [-0.3, -0.25) is 4.18 Å². The molecule has 136 valence electrons. The van der Waals surface area contributed by atoms with Gasteiger partial charge in [-0.25, -0.2) is 0 Å². The van der Waals surface area contributed by atoms with Crippen LogP contribution in [0, 0.1) is 6.92 Å². The Morgan fingerprint density at radius 3 is 2.28 bits per heavy atom. The highest BCUT2D eigenvalue weighted by atomic mass is 32.2. The zero-order chi connectivity index (χ0) is 18.1. The van der Waals surface area contributed by atoms with Crippen LogP contribution in [0.1, 0.15) is 18.1 Å². The van der Waals surface area contributed by atoms with Gasteiger partial charge in [0.15, 0.2) is 0 Å². The molecule has 2 aromatic carbocycles. The van der Waals surface area contributed by atoms with Crippen LogP contribution in [0.3, 0.4) is 0 Å². The first kappa shape index (κ1) is 19.6. The smallest absolute Gasteiger partial charge is 0.297 e. The van der Waals surface area contributed by atoms with E-state index in [1.165, 1.54) is 12.1 Å². The maximum absolute atomic E-state index is 12.2. The lowest BCUT2D eigenvalue weighted by atomic mass is 10.2. The average Bonchev–Trinajstić information content (AvgIpc) is 2.61. The number of aryl methyl sites for hydroxylation is 1. The molecule has 5 nitrogen and oxygen atoms in total. The molecule has 0 spiro atoms. The molecule has 0 unspecified atom stereocenters. The van der Waals surface area contributed by atoms with E-state index in [0.29, 0.717) is 13.2 Å². The Bertz CT molecular complexity index is 726. The minimum atomic E-state index is -3.80. The maximum Gasteiger partial charge on any atom is 0.297 e. The van der Waals surface area contributed by atoms with E-state index in [1.807, 2.05) is 44.2 Å². The molecule has 0 saturated carbocycles. The van der Waals surface area contributed by atoms with E-state index >= 15 is 0 Å². The standard InChI is InChI=1S/C19H24O5S/c1-3-23-18(14-22-13-17-7-5-4-6-8-17)15-24-25(20,21)19-11-9-16(2)10-12-19/h4-12,18H,3,13-15H2,1-2H3/t18-/m0/s1. The molecular weight excluding hydrogens is 340 g/mol. The number of benzene rings is 2. The molecule has 0 aliphatic heterocycles. The fourth-order valence-electron chi connectivity index (χ4n) is 2.20. The fourth-order valence-corrected chi connectivity index (χ4v) is 3.14. The van der Waals surface area contributed by atoms with Gasteiger partial charge >= 0.3 is 0 Å². The molecule has 0 aliphatic carbocycles. The Morgan fingerprint density at radius 2 is 1.64 bits per heavy atom. The molecule has 1 atom stereocenters. The van der Waals surface area contributed by atoms with Gasteiger partial charge in [-0.2, -0.15) is 8.42 Å². The number of hydrogen-bond acceptors (Lipinski definition) is 5. The van der Waals surface area contributed by atoms with Gasteiger partial charge in [0.25, 0.3) is 10.1 Å². The third kappa shape index (κ3) is 6.59. The SMILES string of the molecule is CCO[C@@H](COCc1ccccc1)COS(=O)(=O)c1ccc(C)cc1. The van der Waals surface area contributed by atoms with Crippen molar-refractivity contribution in [2.45, 2.75) is 31.5 Å². The lowest BCUT2D eigenvalue weighted by Crippen LogP contribution is -2.27. The summed E-state index contributed by atoms with van der Waals surface area (Å²) in [5, 5.41) is 0. The van der Waals surface area contributed by atoms with Crippen molar-refractivity contribution in [1.29, 1.82) is 0 Å². The molecular formula is C19H24O5S. The van der Waals surface area contributed by atoms with Crippen molar-refractivity contribution in [2.75, 3.05) is 19.8 Å². The van der Waals surface area contributed by atoms with E-state index in [4.69, 9.17) is 13.7 Å². The molecule has 0 heterocycles. The minimum absolute atomic E-state index is 0.0845. The van der Waals surface area contributed by atoms with Crippen LogP contribution < -0.4 is 0 Å². The van der Waals surface area contributed by atoms with Crippen molar-refractivity contribution in [2.24, 2.45) is 0 Å². The van der Waals surface area contributed by atoms with Crippen LogP contribution in [0.4, 0.5) is 0 Å². The van der Waals surface area contributed by atoms with Crippen LogP contribution in [-0.2, 0) is 30.4 Å². The lowest BCUT2D eigenvalue weighted by molar-refractivity contribution is -0.0362. The van der Waals surface area contributed by atoms with Gasteiger partial charge in [-0.15, -0.1) is 0 Å². The Balaban J connectivity index is 1.86. The van der Waals surface area contributed by atoms with Crippen LogP contribution in [0.15, 0.2) is 59.5 Å². The van der Waals surface area contributed by atoms with Crippen molar-refractivity contribution < 1.29 is 22.1 Å². The van der Waals surface area contributed by atoms with Crippen LogP contribution in [0.2, 0.25) is 0 Å². The monoisotopic (exact) mass is 364 g/mol. The summed E-state index contributed by atoms with van der Waals surface area (Å²) in [7, 11) is -3.80. The van der Waals surface area contributed by atoms with E-state index in [-0.39, 0.29) is 18.1 Å². The highest BCUT2D eigenvalue weighted by Gasteiger charge is 2.19. The Labute approximate surface area is 149 Å². The molecule has 0 radical (unpaired) electrons. The second kappa shape index (κ2) is 9.68. The summed E-state index contributed by atoms with van der Waals surface area (Å²) in [5.74, 6) is 0. The van der Waals surface area contributed by atoms with Crippen LogP contribution in [0.25, 0.3) is 0 Å². The van der Waals surface area contributed by atoms with Crippen molar-refractivity contribution in [3.8, 4) is 0 Å². The largest absolute Gasteiger partial charge is 0.374 e.